The summed E-state index contributed by atoms with van der Waals surface area (Å²) in [6.45, 7) is 0.749. The van der Waals surface area contributed by atoms with E-state index in [1.165, 1.54) is 23.5 Å². The lowest BCUT2D eigenvalue weighted by Gasteiger charge is -2.25. The van der Waals surface area contributed by atoms with Crippen LogP contribution in [0.5, 0.6) is 5.75 Å². The van der Waals surface area contributed by atoms with Crippen molar-refractivity contribution in [1.82, 2.24) is 4.57 Å². The quantitative estimate of drug-likeness (QED) is 0.709. The van der Waals surface area contributed by atoms with Gasteiger partial charge in [-0.3, -0.25) is 9.36 Å². The van der Waals surface area contributed by atoms with E-state index in [0.717, 1.165) is 11.3 Å². The molecule has 1 aliphatic rings. The number of aromatic nitrogens is 1. The van der Waals surface area contributed by atoms with Gasteiger partial charge >= 0.3 is 0 Å². The van der Waals surface area contributed by atoms with Gasteiger partial charge in [-0.1, -0.05) is 29.5 Å². The molecule has 0 saturated heterocycles. The summed E-state index contributed by atoms with van der Waals surface area (Å²) in [7, 11) is 1.62. The van der Waals surface area contributed by atoms with Gasteiger partial charge in [0.25, 0.3) is 5.56 Å². The van der Waals surface area contributed by atoms with Gasteiger partial charge < -0.3 is 9.64 Å². The summed E-state index contributed by atoms with van der Waals surface area (Å²) in [5, 5.41) is 0. The highest BCUT2D eigenvalue weighted by atomic mass is 32.1. The van der Waals surface area contributed by atoms with Crippen molar-refractivity contribution in [3.63, 3.8) is 0 Å². The first-order chi connectivity index (χ1) is 12.6. The molecule has 0 aliphatic carbocycles. The molecule has 0 fully saturated rings. The molecular weight excluding hydrogens is 353 g/mol. The maximum absolute atomic E-state index is 13.5. The van der Waals surface area contributed by atoms with Crippen molar-refractivity contribution in [3.05, 3.63) is 79.6 Å². The predicted octanol–water partition coefficient (Wildman–Crippen LogP) is 1.94. The number of halogens is 1. The molecule has 2 heterocycles. The van der Waals surface area contributed by atoms with Crippen molar-refractivity contribution in [1.29, 1.82) is 0 Å². The zero-order chi connectivity index (χ0) is 18.1. The Labute approximate surface area is 152 Å². The Morgan fingerprint density at radius 1 is 1.23 bits per heavy atom. The fraction of sp³-hybridized carbons (Fsp3) is 0.158. The van der Waals surface area contributed by atoms with Gasteiger partial charge in [-0.25, -0.2) is 9.38 Å². The van der Waals surface area contributed by atoms with Gasteiger partial charge in [-0.05, 0) is 42.0 Å². The molecule has 132 valence electrons. The van der Waals surface area contributed by atoms with Crippen molar-refractivity contribution in [2.45, 2.75) is 6.67 Å². The highest BCUT2D eigenvalue weighted by Crippen LogP contribution is 2.17. The van der Waals surface area contributed by atoms with Gasteiger partial charge in [-0.2, -0.15) is 0 Å². The fourth-order valence-electron chi connectivity index (χ4n) is 2.80. The molecular formula is C19H16FN3O2S. The van der Waals surface area contributed by atoms with Crippen LogP contribution in [-0.4, -0.2) is 18.3 Å². The molecule has 5 nitrogen and oxygen atoms in total. The highest BCUT2D eigenvalue weighted by molar-refractivity contribution is 7.07. The van der Waals surface area contributed by atoms with E-state index in [9.17, 15) is 9.18 Å². The van der Waals surface area contributed by atoms with Crippen LogP contribution in [0.15, 0.2) is 58.3 Å². The molecule has 26 heavy (non-hydrogen) atoms. The van der Waals surface area contributed by atoms with E-state index in [1.807, 2.05) is 41.3 Å². The number of hydrogen-bond acceptors (Lipinski definition) is 5. The number of rotatable bonds is 3. The monoisotopic (exact) mass is 369 g/mol. The minimum absolute atomic E-state index is 0.0920. The van der Waals surface area contributed by atoms with Crippen LogP contribution in [0, 0.1) is 5.82 Å². The molecule has 4 rings (SSSR count). The number of thiazole rings is 1. The molecule has 0 radical (unpaired) electrons. The number of hydrogen-bond donors (Lipinski definition) is 0. The van der Waals surface area contributed by atoms with Crippen LogP contribution in [0.3, 0.4) is 0 Å². The standard InChI is InChI=1S/C19H16FN3O2S/c1-25-16-7-5-13(6-8-16)9-17-18(24)23-12-22(11-21-19(23)26-17)15-4-2-3-14(20)10-15/h2-10H,11-12H2,1H3. The lowest BCUT2D eigenvalue weighted by Crippen LogP contribution is -2.42. The first-order valence-electron chi connectivity index (χ1n) is 8.04. The van der Waals surface area contributed by atoms with Crippen LogP contribution in [0.1, 0.15) is 5.56 Å². The minimum atomic E-state index is -0.306. The van der Waals surface area contributed by atoms with Crippen molar-refractivity contribution in [3.8, 4) is 5.75 Å². The number of ether oxygens (including phenoxy) is 1. The third-order valence-corrected chi connectivity index (χ3v) is 5.21. The number of anilines is 1. The second-order valence-corrected chi connectivity index (χ2v) is 6.87. The van der Waals surface area contributed by atoms with E-state index in [1.54, 1.807) is 17.7 Å². The zero-order valence-corrected chi connectivity index (χ0v) is 14.9. The molecule has 0 bridgehead atoms. The molecule has 2 aromatic carbocycles. The predicted molar refractivity (Wildman–Crippen MR) is 99.7 cm³/mol. The van der Waals surface area contributed by atoms with Gasteiger partial charge in [0.15, 0.2) is 4.80 Å². The van der Waals surface area contributed by atoms with Crippen LogP contribution in [0.4, 0.5) is 10.1 Å². The van der Waals surface area contributed by atoms with Crippen molar-refractivity contribution < 1.29 is 9.13 Å². The Morgan fingerprint density at radius 3 is 2.77 bits per heavy atom. The Hall–Kier alpha value is -2.93. The third kappa shape index (κ3) is 3.13. The van der Waals surface area contributed by atoms with Crippen LogP contribution in [0.2, 0.25) is 0 Å². The molecule has 0 amide bonds. The Kier molecular flexibility index (Phi) is 4.30. The first-order valence-corrected chi connectivity index (χ1v) is 8.86. The summed E-state index contributed by atoms with van der Waals surface area (Å²) in [6.07, 6.45) is 1.85. The van der Waals surface area contributed by atoms with Crippen LogP contribution < -0.4 is 24.5 Å². The minimum Gasteiger partial charge on any atom is -0.497 e. The summed E-state index contributed by atoms with van der Waals surface area (Å²) in [5.74, 6) is 0.463. The summed E-state index contributed by atoms with van der Waals surface area (Å²) in [5.41, 5.74) is 1.54. The summed E-state index contributed by atoms with van der Waals surface area (Å²) in [6, 6.07) is 13.8. The molecule has 3 aromatic rings. The smallest absolute Gasteiger partial charge is 0.271 e. The molecule has 0 saturated carbocycles. The van der Waals surface area contributed by atoms with E-state index in [-0.39, 0.29) is 11.4 Å². The van der Waals surface area contributed by atoms with Gasteiger partial charge in [0, 0.05) is 5.69 Å². The molecule has 0 atom stereocenters. The SMILES string of the molecule is COc1ccc(C=c2sc3n(c2=O)CN(c2cccc(F)c2)CN=3)cc1. The maximum Gasteiger partial charge on any atom is 0.271 e. The number of benzene rings is 2. The Balaban J connectivity index is 1.69. The lowest BCUT2D eigenvalue weighted by atomic mass is 10.2. The normalized spacial score (nSPS) is 14.1. The number of nitrogens with zero attached hydrogens (tertiary/aromatic N) is 3. The largest absolute Gasteiger partial charge is 0.497 e. The summed E-state index contributed by atoms with van der Waals surface area (Å²) < 4.78 is 20.8. The zero-order valence-electron chi connectivity index (χ0n) is 14.1. The number of fused-ring (bicyclic) bond motifs is 1. The molecule has 1 aliphatic heterocycles. The Morgan fingerprint density at radius 2 is 2.04 bits per heavy atom. The third-order valence-electron chi connectivity index (χ3n) is 4.16. The van der Waals surface area contributed by atoms with E-state index >= 15 is 0 Å². The maximum atomic E-state index is 13.5. The molecule has 0 spiro atoms. The van der Waals surface area contributed by atoms with E-state index < -0.39 is 0 Å². The van der Waals surface area contributed by atoms with Gasteiger partial charge in [0.1, 0.15) is 24.9 Å². The summed E-state index contributed by atoms with van der Waals surface area (Å²) in [4.78, 5) is 19.8. The van der Waals surface area contributed by atoms with Gasteiger partial charge in [0.05, 0.1) is 11.6 Å². The van der Waals surface area contributed by atoms with E-state index in [0.29, 0.717) is 28.4 Å². The molecule has 0 unspecified atom stereocenters. The lowest BCUT2D eigenvalue weighted by molar-refractivity contribution is 0.415. The average molecular weight is 369 g/mol. The fourth-order valence-corrected chi connectivity index (χ4v) is 3.76. The van der Waals surface area contributed by atoms with Crippen LogP contribution in [0.25, 0.3) is 6.08 Å². The second-order valence-electron chi connectivity index (χ2n) is 5.86. The van der Waals surface area contributed by atoms with E-state index in [4.69, 9.17) is 4.74 Å². The topological polar surface area (TPSA) is 46.8 Å². The molecule has 7 heteroatoms. The first kappa shape index (κ1) is 16.5. The van der Waals surface area contributed by atoms with Crippen LogP contribution in [-0.2, 0) is 6.67 Å². The highest BCUT2D eigenvalue weighted by Gasteiger charge is 2.16. The van der Waals surface area contributed by atoms with Crippen molar-refractivity contribution in [2.24, 2.45) is 4.99 Å². The molecule has 1 aromatic heterocycles. The van der Waals surface area contributed by atoms with Gasteiger partial charge in [-0.15, -0.1) is 0 Å². The van der Waals surface area contributed by atoms with Crippen LogP contribution >= 0.6 is 11.3 Å². The second kappa shape index (κ2) is 6.76. The summed E-state index contributed by atoms with van der Waals surface area (Å²) >= 11 is 1.36. The van der Waals surface area contributed by atoms with E-state index in [2.05, 4.69) is 4.99 Å². The molecule has 0 N–H and O–H groups in total. The number of methoxy groups -OCH3 is 1. The van der Waals surface area contributed by atoms with Crippen molar-refractivity contribution in [2.75, 3.05) is 18.7 Å². The van der Waals surface area contributed by atoms with Crippen molar-refractivity contribution >= 4 is 23.1 Å². The van der Waals surface area contributed by atoms with Gasteiger partial charge in [0.2, 0.25) is 0 Å². The Bertz CT molecular complexity index is 1120. The average Bonchev–Trinajstić information content (AvgIpc) is 2.97.